The fraction of sp³-hybridized carbons (Fsp3) is 0.455. The van der Waals surface area contributed by atoms with Crippen LogP contribution in [0.4, 0.5) is 11.4 Å². The van der Waals surface area contributed by atoms with E-state index in [0.29, 0.717) is 23.7 Å². The first-order valence-corrected chi connectivity index (χ1v) is 11.5. The SMILES string of the molecule is COc1ccc(NS(=O)(=O)c2ccc(C(C)C)cc2)cc1N1CC(C)NC(C)C1. The lowest BCUT2D eigenvalue weighted by Crippen LogP contribution is -2.54. The Kier molecular flexibility index (Phi) is 6.39. The lowest BCUT2D eigenvalue weighted by molar-refractivity contribution is 0.391. The lowest BCUT2D eigenvalue weighted by atomic mass is 10.0. The number of anilines is 2. The van der Waals surface area contributed by atoms with Gasteiger partial charge in [0.1, 0.15) is 5.75 Å². The molecule has 3 rings (SSSR count). The van der Waals surface area contributed by atoms with E-state index in [4.69, 9.17) is 4.74 Å². The summed E-state index contributed by atoms with van der Waals surface area (Å²) in [6, 6.07) is 13.1. The summed E-state index contributed by atoms with van der Waals surface area (Å²) in [6.07, 6.45) is 0. The first-order chi connectivity index (χ1) is 13.7. The molecule has 2 aromatic carbocycles. The zero-order valence-electron chi connectivity index (χ0n) is 17.8. The lowest BCUT2D eigenvalue weighted by Gasteiger charge is -2.38. The van der Waals surface area contributed by atoms with Crippen molar-refractivity contribution in [1.29, 1.82) is 0 Å². The third-order valence-corrected chi connectivity index (χ3v) is 6.58. The van der Waals surface area contributed by atoms with Crippen molar-refractivity contribution in [2.24, 2.45) is 0 Å². The van der Waals surface area contributed by atoms with Crippen LogP contribution in [0.2, 0.25) is 0 Å². The van der Waals surface area contributed by atoms with Crippen LogP contribution in [0.3, 0.4) is 0 Å². The molecular formula is C22H31N3O3S. The number of hydrogen-bond donors (Lipinski definition) is 2. The Labute approximate surface area is 174 Å². The van der Waals surface area contributed by atoms with Crippen molar-refractivity contribution in [3.05, 3.63) is 48.0 Å². The molecular weight excluding hydrogens is 386 g/mol. The fourth-order valence-corrected chi connectivity index (χ4v) is 4.82. The summed E-state index contributed by atoms with van der Waals surface area (Å²) in [5, 5.41) is 3.51. The van der Waals surface area contributed by atoms with E-state index in [-0.39, 0.29) is 4.90 Å². The monoisotopic (exact) mass is 417 g/mol. The van der Waals surface area contributed by atoms with Gasteiger partial charge in [0.05, 0.1) is 23.4 Å². The molecule has 0 bridgehead atoms. The molecule has 6 nitrogen and oxygen atoms in total. The van der Waals surface area contributed by atoms with Gasteiger partial charge >= 0.3 is 0 Å². The van der Waals surface area contributed by atoms with Gasteiger partial charge in [-0.05, 0) is 55.7 Å². The molecule has 0 radical (unpaired) electrons. The number of ether oxygens (including phenoxy) is 1. The number of rotatable bonds is 6. The van der Waals surface area contributed by atoms with Crippen LogP contribution in [0.1, 0.15) is 39.2 Å². The molecule has 1 aliphatic heterocycles. The third-order valence-electron chi connectivity index (χ3n) is 5.19. The molecule has 2 unspecified atom stereocenters. The van der Waals surface area contributed by atoms with E-state index in [2.05, 4.69) is 42.6 Å². The minimum absolute atomic E-state index is 0.253. The predicted molar refractivity (Wildman–Crippen MR) is 119 cm³/mol. The van der Waals surface area contributed by atoms with Crippen molar-refractivity contribution < 1.29 is 13.2 Å². The quantitative estimate of drug-likeness (QED) is 0.748. The van der Waals surface area contributed by atoms with E-state index in [0.717, 1.165) is 30.1 Å². The molecule has 2 N–H and O–H groups in total. The van der Waals surface area contributed by atoms with E-state index in [1.807, 2.05) is 24.3 Å². The summed E-state index contributed by atoms with van der Waals surface area (Å²) in [6.45, 7) is 10.1. The predicted octanol–water partition coefficient (Wildman–Crippen LogP) is 3.81. The minimum atomic E-state index is -3.67. The van der Waals surface area contributed by atoms with Crippen LogP contribution in [0.15, 0.2) is 47.4 Å². The zero-order valence-corrected chi connectivity index (χ0v) is 18.6. The van der Waals surface area contributed by atoms with Gasteiger partial charge in [-0.25, -0.2) is 8.42 Å². The Morgan fingerprint density at radius 3 is 2.24 bits per heavy atom. The van der Waals surface area contributed by atoms with Gasteiger partial charge in [0.25, 0.3) is 10.0 Å². The van der Waals surface area contributed by atoms with Crippen LogP contribution >= 0.6 is 0 Å². The molecule has 2 atom stereocenters. The van der Waals surface area contributed by atoms with Crippen LogP contribution < -0.4 is 19.7 Å². The van der Waals surface area contributed by atoms with Gasteiger partial charge in [-0.1, -0.05) is 26.0 Å². The molecule has 158 valence electrons. The normalized spacial score (nSPS) is 20.0. The van der Waals surface area contributed by atoms with Crippen molar-refractivity contribution in [2.75, 3.05) is 29.8 Å². The van der Waals surface area contributed by atoms with E-state index < -0.39 is 10.0 Å². The Morgan fingerprint density at radius 1 is 1.07 bits per heavy atom. The van der Waals surface area contributed by atoms with E-state index in [1.165, 1.54) is 0 Å². The summed E-state index contributed by atoms with van der Waals surface area (Å²) >= 11 is 0. The number of benzene rings is 2. The second kappa shape index (κ2) is 8.63. The van der Waals surface area contributed by atoms with Crippen molar-refractivity contribution in [1.82, 2.24) is 5.32 Å². The van der Waals surface area contributed by atoms with Crippen molar-refractivity contribution >= 4 is 21.4 Å². The van der Waals surface area contributed by atoms with Crippen LogP contribution in [-0.2, 0) is 10.0 Å². The Bertz CT molecular complexity index is 932. The van der Waals surface area contributed by atoms with Gasteiger partial charge in [-0.2, -0.15) is 0 Å². The third kappa shape index (κ3) is 5.03. The van der Waals surface area contributed by atoms with Gasteiger partial charge in [0.15, 0.2) is 0 Å². The summed E-state index contributed by atoms with van der Waals surface area (Å²) in [5.41, 5.74) is 2.52. The Hall–Kier alpha value is -2.25. The highest BCUT2D eigenvalue weighted by Crippen LogP contribution is 2.33. The second-order valence-corrected chi connectivity index (χ2v) is 9.77. The molecule has 1 heterocycles. The molecule has 7 heteroatoms. The number of nitrogens with one attached hydrogen (secondary N) is 2. The Balaban J connectivity index is 1.87. The molecule has 0 spiro atoms. The van der Waals surface area contributed by atoms with Gasteiger partial charge in [0, 0.05) is 25.2 Å². The average molecular weight is 418 g/mol. The first-order valence-electron chi connectivity index (χ1n) is 10.0. The highest BCUT2D eigenvalue weighted by molar-refractivity contribution is 7.92. The summed E-state index contributed by atoms with van der Waals surface area (Å²) < 4.78 is 34.0. The first kappa shape index (κ1) is 21.5. The molecule has 1 aliphatic rings. The van der Waals surface area contributed by atoms with E-state index in [1.54, 1.807) is 25.3 Å². The van der Waals surface area contributed by atoms with Crippen molar-refractivity contribution in [2.45, 2.75) is 50.6 Å². The number of methoxy groups -OCH3 is 1. The number of nitrogens with zero attached hydrogens (tertiary/aromatic N) is 1. The standard InChI is InChI=1S/C22H31N3O3S/c1-15(2)18-6-9-20(10-7-18)29(26,27)24-19-8-11-22(28-5)21(12-19)25-13-16(3)23-17(4)14-25/h6-12,15-17,23-24H,13-14H2,1-5H3. The van der Waals surface area contributed by atoms with Gasteiger partial charge in [-0.3, -0.25) is 4.72 Å². The largest absolute Gasteiger partial charge is 0.495 e. The van der Waals surface area contributed by atoms with Gasteiger partial charge < -0.3 is 15.0 Å². The van der Waals surface area contributed by atoms with E-state index >= 15 is 0 Å². The number of hydrogen-bond acceptors (Lipinski definition) is 5. The zero-order chi connectivity index (χ0) is 21.2. The summed E-state index contributed by atoms with van der Waals surface area (Å²) in [4.78, 5) is 2.49. The summed E-state index contributed by atoms with van der Waals surface area (Å²) in [5.74, 6) is 1.09. The smallest absolute Gasteiger partial charge is 0.261 e. The topological polar surface area (TPSA) is 70.7 Å². The number of sulfonamides is 1. The highest BCUT2D eigenvalue weighted by atomic mass is 32.2. The maximum Gasteiger partial charge on any atom is 0.261 e. The molecule has 0 amide bonds. The maximum atomic E-state index is 12.9. The maximum absolute atomic E-state index is 12.9. The molecule has 2 aromatic rings. The van der Waals surface area contributed by atoms with Crippen LogP contribution in [0, 0.1) is 0 Å². The molecule has 1 saturated heterocycles. The molecule has 29 heavy (non-hydrogen) atoms. The van der Waals surface area contributed by atoms with Crippen LogP contribution in [0.25, 0.3) is 0 Å². The van der Waals surface area contributed by atoms with Crippen molar-refractivity contribution in [3.63, 3.8) is 0 Å². The molecule has 0 aromatic heterocycles. The molecule has 0 aliphatic carbocycles. The van der Waals surface area contributed by atoms with Gasteiger partial charge in [-0.15, -0.1) is 0 Å². The Morgan fingerprint density at radius 2 is 1.69 bits per heavy atom. The average Bonchev–Trinajstić information content (AvgIpc) is 2.67. The fourth-order valence-electron chi connectivity index (χ4n) is 3.77. The van der Waals surface area contributed by atoms with Gasteiger partial charge in [0.2, 0.25) is 0 Å². The summed E-state index contributed by atoms with van der Waals surface area (Å²) in [7, 11) is -2.03. The van der Waals surface area contributed by atoms with Crippen LogP contribution in [0.5, 0.6) is 5.75 Å². The highest BCUT2D eigenvalue weighted by Gasteiger charge is 2.24. The van der Waals surface area contributed by atoms with Crippen molar-refractivity contribution in [3.8, 4) is 5.75 Å². The molecule has 1 fully saturated rings. The van der Waals surface area contributed by atoms with Crippen LogP contribution in [-0.4, -0.2) is 40.7 Å². The number of piperazine rings is 1. The van der Waals surface area contributed by atoms with E-state index in [9.17, 15) is 8.42 Å². The minimum Gasteiger partial charge on any atom is -0.495 e. The second-order valence-electron chi connectivity index (χ2n) is 8.09. The molecule has 0 saturated carbocycles.